The minimum atomic E-state index is -0.223. The molecule has 0 aliphatic heterocycles. The summed E-state index contributed by atoms with van der Waals surface area (Å²) in [6, 6.07) is 5.09. The number of rotatable bonds is 5. The molecular formula is C11H14BrClFN. The highest BCUT2D eigenvalue weighted by molar-refractivity contribution is 9.10. The van der Waals surface area contributed by atoms with E-state index in [1.807, 2.05) is 6.07 Å². The minimum absolute atomic E-state index is 0.223. The molecule has 0 amide bonds. The van der Waals surface area contributed by atoms with E-state index >= 15 is 0 Å². The number of benzene rings is 1. The van der Waals surface area contributed by atoms with Gasteiger partial charge in [0.25, 0.3) is 0 Å². The second kappa shape index (κ2) is 6.46. The molecule has 0 aliphatic carbocycles. The van der Waals surface area contributed by atoms with Crippen molar-refractivity contribution in [2.45, 2.75) is 13.5 Å². The lowest BCUT2D eigenvalue weighted by Gasteiger charge is -2.19. The molecule has 1 rings (SSSR count). The minimum Gasteiger partial charge on any atom is -0.298 e. The van der Waals surface area contributed by atoms with Crippen LogP contribution in [0.5, 0.6) is 0 Å². The lowest BCUT2D eigenvalue weighted by molar-refractivity contribution is 0.297. The maximum absolute atomic E-state index is 13.0. The van der Waals surface area contributed by atoms with Crippen molar-refractivity contribution in [2.75, 3.05) is 19.0 Å². The lowest BCUT2D eigenvalue weighted by Crippen LogP contribution is -2.24. The summed E-state index contributed by atoms with van der Waals surface area (Å²) in [5, 5.41) is 0. The SMILES string of the molecule is CCN(CCCl)Cc1ccc(F)c(Br)c1. The van der Waals surface area contributed by atoms with E-state index < -0.39 is 0 Å². The third-order valence-electron chi connectivity index (χ3n) is 2.24. The van der Waals surface area contributed by atoms with Crippen LogP contribution in [0, 0.1) is 5.82 Å². The van der Waals surface area contributed by atoms with Gasteiger partial charge in [-0.2, -0.15) is 0 Å². The van der Waals surface area contributed by atoms with Crippen LogP contribution < -0.4 is 0 Å². The molecule has 1 aromatic carbocycles. The molecule has 1 aromatic rings. The molecule has 0 heterocycles. The van der Waals surface area contributed by atoms with Crippen molar-refractivity contribution in [1.29, 1.82) is 0 Å². The largest absolute Gasteiger partial charge is 0.298 e. The fourth-order valence-corrected chi connectivity index (χ4v) is 2.03. The molecule has 0 saturated heterocycles. The molecule has 0 radical (unpaired) electrons. The summed E-state index contributed by atoms with van der Waals surface area (Å²) < 4.78 is 13.5. The Morgan fingerprint density at radius 1 is 1.47 bits per heavy atom. The average Bonchev–Trinajstić information content (AvgIpc) is 2.23. The van der Waals surface area contributed by atoms with Crippen LogP contribution in [0.1, 0.15) is 12.5 Å². The van der Waals surface area contributed by atoms with E-state index in [2.05, 4.69) is 27.8 Å². The molecule has 4 heteroatoms. The van der Waals surface area contributed by atoms with E-state index in [1.165, 1.54) is 6.07 Å². The van der Waals surface area contributed by atoms with Crippen LogP contribution in [-0.2, 0) is 6.54 Å². The van der Waals surface area contributed by atoms with Gasteiger partial charge >= 0.3 is 0 Å². The van der Waals surface area contributed by atoms with Crippen LogP contribution in [0.15, 0.2) is 22.7 Å². The predicted molar refractivity (Wildman–Crippen MR) is 65.8 cm³/mol. The Labute approximate surface area is 103 Å². The summed E-state index contributed by atoms with van der Waals surface area (Å²) in [4.78, 5) is 2.21. The van der Waals surface area contributed by atoms with Gasteiger partial charge in [-0.25, -0.2) is 4.39 Å². The lowest BCUT2D eigenvalue weighted by atomic mass is 10.2. The summed E-state index contributed by atoms with van der Waals surface area (Å²) in [7, 11) is 0. The number of alkyl halides is 1. The zero-order valence-corrected chi connectivity index (χ0v) is 11.0. The summed E-state index contributed by atoms with van der Waals surface area (Å²) in [6.07, 6.45) is 0. The second-order valence-corrected chi connectivity index (χ2v) is 4.54. The van der Waals surface area contributed by atoms with E-state index in [9.17, 15) is 4.39 Å². The fourth-order valence-electron chi connectivity index (χ4n) is 1.36. The highest BCUT2D eigenvalue weighted by Crippen LogP contribution is 2.17. The van der Waals surface area contributed by atoms with Gasteiger partial charge in [0, 0.05) is 19.0 Å². The Hall–Kier alpha value is -0.120. The van der Waals surface area contributed by atoms with Crippen LogP contribution in [0.3, 0.4) is 0 Å². The maximum Gasteiger partial charge on any atom is 0.137 e. The molecule has 0 N–H and O–H groups in total. The third kappa shape index (κ3) is 4.09. The van der Waals surface area contributed by atoms with Crippen molar-refractivity contribution in [2.24, 2.45) is 0 Å². The molecule has 0 saturated carbocycles. The summed E-state index contributed by atoms with van der Waals surface area (Å²) in [6.45, 7) is 4.70. The van der Waals surface area contributed by atoms with Gasteiger partial charge in [0.1, 0.15) is 5.82 Å². The monoisotopic (exact) mass is 293 g/mol. The Morgan fingerprint density at radius 3 is 2.73 bits per heavy atom. The number of nitrogens with zero attached hydrogens (tertiary/aromatic N) is 1. The number of hydrogen-bond donors (Lipinski definition) is 0. The van der Waals surface area contributed by atoms with Crippen LogP contribution in [0.2, 0.25) is 0 Å². The molecule has 0 atom stereocenters. The van der Waals surface area contributed by atoms with E-state index in [1.54, 1.807) is 6.07 Å². The van der Waals surface area contributed by atoms with Crippen molar-refractivity contribution < 1.29 is 4.39 Å². The van der Waals surface area contributed by atoms with E-state index in [0.29, 0.717) is 10.4 Å². The second-order valence-electron chi connectivity index (χ2n) is 3.31. The zero-order chi connectivity index (χ0) is 11.3. The standard InChI is InChI=1S/C11H14BrClFN/c1-2-15(6-5-13)8-9-3-4-11(14)10(12)7-9/h3-4,7H,2,5-6,8H2,1H3. The quantitative estimate of drug-likeness (QED) is 0.749. The molecular weight excluding hydrogens is 280 g/mol. The van der Waals surface area contributed by atoms with E-state index in [4.69, 9.17) is 11.6 Å². The zero-order valence-electron chi connectivity index (χ0n) is 8.64. The van der Waals surface area contributed by atoms with Crippen molar-refractivity contribution >= 4 is 27.5 Å². The van der Waals surface area contributed by atoms with Gasteiger partial charge < -0.3 is 0 Å². The molecule has 0 spiro atoms. The Morgan fingerprint density at radius 2 is 2.20 bits per heavy atom. The average molecular weight is 295 g/mol. The fraction of sp³-hybridized carbons (Fsp3) is 0.455. The highest BCUT2D eigenvalue weighted by Gasteiger charge is 2.05. The topological polar surface area (TPSA) is 3.24 Å². The molecule has 1 nitrogen and oxygen atoms in total. The Kier molecular flexibility index (Phi) is 5.58. The van der Waals surface area contributed by atoms with Crippen molar-refractivity contribution in [3.63, 3.8) is 0 Å². The molecule has 0 fully saturated rings. The smallest absolute Gasteiger partial charge is 0.137 e. The molecule has 15 heavy (non-hydrogen) atoms. The summed E-state index contributed by atoms with van der Waals surface area (Å²) in [5.74, 6) is 0.398. The van der Waals surface area contributed by atoms with Crippen LogP contribution in [-0.4, -0.2) is 23.9 Å². The normalized spacial score (nSPS) is 11.0. The molecule has 0 bridgehead atoms. The predicted octanol–water partition coefficient (Wildman–Crippen LogP) is 3.65. The van der Waals surface area contributed by atoms with Crippen LogP contribution in [0.25, 0.3) is 0 Å². The van der Waals surface area contributed by atoms with Gasteiger partial charge in [0.05, 0.1) is 4.47 Å². The third-order valence-corrected chi connectivity index (χ3v) is 3.01. The van der Waals surface area contributed by atoms with Crippen LogP contribution in [0.4, 0.5) is 4.39 Å². The van der Waals surface area contributed by atoms with Gasteiger partial charge in [-0.1, -0.05) is 13.0 Å². The van der Waals surface area contributed by atoms with Crippen molar-refractivity contribution in [3.05, 3.63) is 34.1 Å². The first kappa shape index (κ1) is 12.9. The van der Waals surface area contributed by atoms with E-state index in [0.717, 1.165) is 25.2 Å². The van der Waals surface area contributed by atoms with E-state index in [-0.39, 0.29) is 5.82 Å². The van der Waals surface area contributed by atoms with Crippen molar-refractivity contribution in [3.8, 4) is 0 Å². The van der Waals surface area contributed by atoms with Crippen molar-refractivity contribution in [1.82, 2.24) is 4.90 Å². The highest BCUT2D eigenvalue weighted by atomic mass is 79.9. The number of halogens is 3. The van der Waals surface area contributed by atoms with Gasteiger partial charge in [-0.3, -0.25) is 4.90 Å². The number of hydrogen-bond acceptors (Lipinski definition) is 1. The van der Waals surface area contributed by atoms with Crippen LogP contribution >= 0.6 is 27.5 Å². The van der Waals surface area contributed by atoms with Gasteiger partial charge in [0.15, 0.2) is 0 Å². The summed E-state index contributed by atoms with van der Waals surface area (Å²) >= 11 is 8.86. The van der Waals surface area contributed by atoms with Gasteiger partial charge in [-0.15, -0.1) is 11.6 Å². The first-order chi connectivity index (χ1) is 7.17. The molecule has 0 aromatic heterocycles. The molecule has 84 valence electrons. The van der Waals surface area contributed by atoms with Gasteiger partial charge in [0.2, 0.25) is 0 Å². The molecule has 0 aliphatic rings. The summed E-state index contributed by atoms with van der Waals surface area (Å²) in [5.41, 5.74) is 1.09. The molecule has 0 unspecified atom stereocenters. The first-order valence-electron chi connectivity index (χ1n) is 4.89. The first-order valence-corrected chi connectivity index (χ1v) is 6.22. The Balaban J connectivity index is 2.66. The maximum atomic E-state index is 13.0. The van der Waals surface area contributed by atoms with Gasteiger partial charge in [-0.05, 0) is 40.2 Å². The Bertz CT molecular complexity index is 319.